The Hall–Kier alpha value is -1.72. The number of halogens is 3. The van der Waals surface area contributed by atoms with Crippen molar-refractivity contribution in [2.75, 3.05) is 0 Å². The fourth-order valence-electron chi connectivity index (χ4n) is 1.95. The minimum atomic E-state index is -4.41. The lowest BCUT2D eigenvalue weighted by molar-refractivity contribution is -0.137. The van der Waals surface area contributed by atoms with Crippen molar-refractivity contribution in [2.24, 2.45) is 0 Å². The number of aromatic amines is 1. The van der Waals surface area contributed by atoms with E-state index in [1.54, 1.807) is 20.8 Å². The molecule has 0 bridgehead atoms. The van der Waals surface area contributed by atoms with Gasteiger partial charge in [-0.3, -0.25) is 4.57 Å². The summed E-state index contributed by atoms with van der Waals surface area (Å²) in [4.78, 5) is 14.3. The highest BCUT2D eigenvalue weighted by Crippen LogP contribution is 2.31. The van der Waals surface area contributed by atoms with E-state index in [0.29, 0.717) is 5.52 Å². The minimum absolute atomic E-state index is 0.266. The Kier molecular flexibility index (Phi) is 2.57. The summed E-state index contributed by atoms with van der Waals surface area (Å²) in [6.07, 6.45) is -4.41. The van der Waals surface area contributed by atoms with E-state index < -0.39 is 23.0 Å². The van der Waals surface area contributed by atoms with E-state index in [2.05, 4.69) is 4.98 Å². The van der Waals surface area contributed by atoms with Crippen LogP contribution in [-0.2, 0) is 11.7 Å². The van der Waals surface area contributed by atoms with Gasteiger partial charge in [-0.05, 0) is 39.0 Å². The average Bonchev–Trinajstić information content (AvgIpc) is 2.49. The van der Waals surface area contributed by atoms with Crippen LogP contribution in [-0.4, -0.2) is 9.55 Å². The van der Waals surface area contributed by atoms with E-state index >= 15 is 0 Å². The second kappa shape index (κ2) is 3.63. The number of aromatic nitrogens is 2. The maximum absolute atomic E-state index is 12.7. The van der Waals surface area contributed by atoms with Crippen molar-refractivity contribution in [1.82, 2.24) is 9.55 Å². The van der Waals surface area contributed by atoms with E-state index in [-0.39, 0.29) is 5.52 Å². The predicted octanol–water partition coefficient (Wildman–Crippen LogP) is 3.10. The Morgan fingerprint density at radius 2 is 1.78 bits per heavy atom. The lowest BCUT2D eigenvalue weighted by Crippen LogP contribution is -2.31. The molecule has 0 saturated carbocycles. The summed E-state index contributed by atoms with van der Waals surface area (Å²) < 4.78 is 39.3. The molecule has 3 nitrogen and oxygen atoms in total. The molecular weight excluding hydrogens is 245 g/mol. The number of fused-ring (bicyclic) bond motifs is 1. The Bertz CT molecular complexity index is 644. The van der Waals surface area contributed by atoms with Crippen molar-refractivity contribution >= 4 is 11.0 Å². The van der Waals surface area contributed by atoms with Gasteiger partial charge in [-0.1, -0.05) is 0 Å². The number of rotatable bonds is 0. The number of benzene rings is 1. The SMILES string of the molecule is CC(C)(C)n1c(=O)[nH]c2ccc(C(F)(F)F)cc21. The molecule has 2 aromatic rings. The molecule has 0 atom stereocenters. The van der Waals surface area contributed by atoms with Crippen molar-refractivity contribution in [3.05, 3.63) is 34.2 Å². The summed E-state index contributed by atoms with van der Waals surface area (Å²) in [6.45, 7) is 5.30. The number of hydrogen-bond donors (Lipinski definition) is 1. The summed E-state index contributed by atoms with van der Waals surface area (Å²) in [5, 5.41) is 0. The van der Waals surface area contributed by atoms with Gasteiger partial charge >= 0.3 is 11.9 Å². The molecule has 18 heavy (non-hydrogen) atoms. The molecular formula is C12H13F3N2O. The summed E-state index contributed by atoms with van der Waals surface area (Å²) in [5.74, 6) is 0. The first-order valence-electron chi connectivity index (χ1n) is 5.43. The first-order valence-corrected chi connectivity index (χ1v) is 5.43. The van der Waals surface area contributed by atoms with E-state index in [1.807, 2.05) is 0 Å². The summed E-state index contributed by atoms with van der Waals surface area (Å²) >= 11 is 0. The number of nitrogens with zero attached hydrogens (tertiary/aromatic N) is 1. The largest absolute Gasteiger partial charge is 0.416 e. The normalized spacial score (nSPS) is 13.2. The Morgan fingerprint density at radius 1 is 1.17 bits per heavy atom. The molecule has 1 N–H and O–H groups in total. The molecule has 0 spiro atoms. The molecule has 1 heterocycles. The number of nitrogens with one attached hydrogen (secondary N) is 1. The number of imidazole rings is 1. The summed E-state index contributed by atoms with van der Waals surface area (Å²) in [5.41, 5.74) is -1.08. The predicted molar refractivity (Wildman–Crippen MR) is 62.6 cm³/mol. The van der Waals surface area contributed by atoms with Crippen LogP contribution in [0.5, 0.6) is 0 Å². The fourth-order valence-corrected chi connectivity index (χ4v) is 1.95. The van der Waals surface area contributed by atoms with Crippen LogP contribution in [0.3, 0.4) is 0 Å². The maximum atomic E-state index is 12.7. The highest BCUT2D eigenvalue weighted by atomic mass is 19.4. The second-order valence-electron chi connectivity index (χ2n) is 5.17. The molecule has 0 radical (unpaired) electrons. The van der Waals surface area contributed by atoms with Crippen LogP contribution in [0.25, 0.3) is 11.0 Å². The molecule has 0 fully saturated rings. The average molecular weight is 258 g/mol. The highest BCUT2D eigenvalue weighted by Gasteiger charge is 2.31. The molecule has 0 aliphatic heterocycles. The van der Waals surface area contributed by atoms with Gasteiger partial charge in [0.1, 0.15) is 0 Å². The summed E-state index contributed by atoms with van der Waals surface area (Å²) in [7, 11) is 0. The molecule has 0 aliphatic carbocycles. The van der Waals surface area contributed by atoms with Gasteiger partial charge in [-0.2, -0.15) is 13.2 Å². The van der Waals surface area contributed by atoms with Crippen LogP contribution in [0.2, 0.25) is 0 Å². The van der Waals surface area contributed by atoms with E-state index in [0.717, 1.165) is 12.1 Å². The van der Waals surface area contributed by atoms with E-state index in [4.69, 9.17) is 0 Å². The Balaban J connectivity index is 2.80. The molecule has 6 heteroatoms. The third kappa shape index (κ3) is 2.02. The molecule has 0 saturated heterocycles. The van der Waals surface area contributed by atoms with Gasteiger partial charge in [0.05, 0.1) is 16.6 Å². The number of hydrogen-bond acceptors (Lipinski definition) is 1. The third-order valence-electron chi connectivity index (χ3n) is 2.68. The van der Waals surface area contributed by atoms with E-state index in [9.17, 15) is 18.0 Å². The van der Waals surface area contributed by atoms with Crippen molar-refractivity contribution in [3.63, 3.8) is 0 Å². The molecule has 0 aliphatic rings. The zero-order valence-corrected chi connectivity index (χ0v) is 10.2. The number of alkyl halides is 3. The van der Waals surface area contributed by atoms with Crippen molar-refractivity contribution in [2.45, 2.75) is 32.5 Å². The minimum Gasteiger partial charge on any atom is -0.306 e. The summed E-state index contributed by atoms with van der Waals surface area (Å²) in [6, 6.07) is 3.24. The van der Waals surface area contributed by atoms with Gasteiger partial charge in [-0.25, -0.2) is 4.79 Å². The standard InChI is InChI=1S/C12H13F3N2O/c1-11(2,3)17-9-6-7(12(13,14)15)4-5-8(9)16-10(17)18/h4-6H,1-3H3,(H,16,18). The van der Waals surface area contributed by atoms with Gasteiger partial charge in [0.25, 0.3) is 0 Å². The van der Waals surface area contributed by atoms with Crippen LogP contribution in [0.15, 0.2) is 23.0 Å². The van der Waals surface area contributed by atoms with Gasteiger partial charge in [-0.15, -0.1) is 0 Å². The van der Waals surface area contributed by atoms with Crippen LogP contribution in [0.4, 0.5) is 13.2 Å². The second-order valence-corrected chi connectivity index (χ2v) is 5.17. The van der Waals surface area contributed by atoms with E-state index in [1.165, 1.54) is 10.6 Å². The number of H-pyrrole nitrogens is 1. The fraction of sp³-hybridized carbons (Fsp3) is 0.417. The zero-order valence-electron chi connectivity index (χ0n) is 10.2. The first kappa shape index (κ1) is 12.7. The lowest BCUT2D eigenvalue weighted by atomic mass is 10.1. The first-order chi connectivity index (χ1) is 8.10. The quantitative estimate of drug-likeness (QED) is 0.774. The van der Waals surface area contributed by atoms with Gasteiger partial charge in [0.15, 0.2) is 0 Å². The third-order valence-corrected chi connectivity index (χ3v) is 2.68. The lowest BCUT2D eigenvalue weighted by Gasteiger charge is -2.21. The van der Waals surface area contributed by atoms with Crippen molar-refractivity contribution < 1.29 is 13.2 Å². The van der Waals surface area contributed by atoms with Crippen molar-refractivity contribution in [3.8, 4) is 0 Å². The van der Waals surface area contributed by atoms with Gasteiger partial charge in [0, 0.05) is 5.54 Å². The van der Waals surface area contributed by atoms with Crippen LogP contribution < -0.4 is 5.69 Å². The zero-order chi connectivity index (χ0) is 13.7. The molecule has 1 aromatic carbocycles. The Labute approximate surface area is 101 Å². The molecule has 0 unspecified atom stereocenters. The topological polar surface area (TPSA) is 37.8 Å². The Morgan fingerprint density at radius 3 is 2.28 bits per heavy atom. The smallest absolute Gasteiger partial charge is 0.306 e. The molecule has 0 amide bonds. The van der Waals surface area contributed by atoms with Crippen LogP contribution >= 0.6 is 0 Å². The van der Waals surface area contributed by atoms with Gasteiger partial charge < -0.3 is 4.98 Å². The monoisotopic (exact) mass is 258 g/mol. The van der Waals surface area contributed by atoms with Gasteiger partial charge in [0.2, 0.25) is 0 Å². The van der Waals surface area contributed by atoms with Crippen molar-refractivity contribution in [1.29, 1.82) is 0 Å². The maximum Gasteiger partial charge on any atom is 0.416 e. The molecule has 1 aromatic heterocycles. The van der Waals surface area contributed by atoms with Crippen LogP contribution in [0.1, 0.15) is 26.3 Å². The molecule has 98 valence electrons. The highest BCUT2D eigenvalue weighted by molar-refractivity contribution is 5.76. The molecule has 2 rings (SSSR count). The van der Waals surface area contributed by atoms with Crippen LogP contribution in [0, 0.1) is 0 Å².